The smallest absolute Gasteiger partial charge is 0.233 e. The first-order valence-corrected chi connectivity index (χ1v) is 6.46. The maximum Gasteiger partial charge on any atom is 0.233 e. The molecule has 5 nitrogen and oxygen atoms in total. The van der Waals surface area contributed by atoms with E-state index in [2.05, 4.69) is 20.2 Å². The summed E-state index contributed by atoms with van der Waals surface area (Å²) in [4.78, 5) is 8.56. The molecule has 0 atom stereocenters. The molecule has 3 rings (SSSR count). The second-order valence-corrected chi connectivity index (χ2v) is 5.11. The standard InChI is InChI=1S/C9H7N5S2/c1-2-10-8-12-7(4-14(8)3-1)5-15-9-13-11-6-16-9/h1-4,6H,5H2. The van der Waals surface area contributed by atoms with Gasteiger partial charge in [0.25, 0.3) is 0 Å². The fourth-order valence-electron chi connectivity index (χ4n) is 1.31. The Hall–Kier alpha value is -1.47. The summed E-state index contributed by atoms with van der Waals surface area (Å²) in [6, 6.07) is 1.89. The molecule has 3 heterocycles. The molecule has 0 aliphatic rings. The minimum atomic E-state index is 0.732. The normalized spacial score (nSPS) is 11.0. The minimum Gasteiger partial charge on any atom is -0.291 e. The van der Waals surface area contributed by atoms with E-state index in [1.165, 1.54) is 11.3 Å². The van der Waals surface area contributed by atoms with E-state index in [1.54, 1.807) is 23.5 Å². The van der Waals surface area contributed by atoms with Gasteiger partial charge in [-0.3, -0.25) is 4.40 Å². The van der Waals surface area contributed by atoms with Crippen molar-refractivity contribution in [2.45, 2.75) is 10.1 Å². The van der Waals surface area contributed by atoms with Crippen LogP contribution in [0.1, 0.15) is 5.69 Å². The highest BCUT2D eigenvalue weighted by Crippen LogP contribution is 2.22. The van der Waals surface area contributed by atoms with E-state index < -0.39 is 0 Å². The summed E-state index contributed by atoms with van der Waals surface area (Å²) < 4.78 is 2.88. The van der Waals surface area contributed by atoms with Gasteiger partial charge in [0.05, 0.1) is 5.69 Å². The lowest BCUT2D eigenvalue weighted by Crippen LogP contribution is -1.83. The highest BCUT2D eigenvalue weighted by molar-refractivity contribution is 8.00. The molecule has 0 aliphatic heterocycles. The first kappa shape index (κ1) is 9.73. The van der Waals surface area contributed by atoms with Gasteiger partial charge in [-0.1, -0.05) is 23.1 Å². The largest absolute Gasteiger partial charge is 0.291 e. The van der Waals surface area contributed by atoms with Crippen LogP contribution in [0.2, 0.25) is 0 Å². The fourth-order valence-corrected chi connectivity index (χ4v) is 2.68. The summed E-state index contributed by atoms with van der Waals surface area (Å²) in [5.74, 6) is 1.52. The summed E-state index contributed by atoms with van der Waals surface area (Å²) >= 11 is 3.18. The maximum absolute atomic E-state index is 4.40. The van der Waals surface area contributed by atoms with Gasteiger partial charge in [-0.15, -0.1) is 10.2 Å². The molecule has 0 saturated carbocycles. The minimum absolute atomic E-state index is 0.732. The van der Waals surface area contributed by atoms with Crippen LogP contribution in [0.15, 0.2) is 34.5 Å². The van der Waals surface area contributed by atoms with Crippen LogP contribution in [0, 0.1) is 0 Å². The number of fused-ring (bicyclic) bond motifs is 1. The Bertz CT molecular complexity index is 556. The van der Waals surface area contributed by atoms with Gasteiger partial charge in [0.2, 0.25) is 5.78 Å². The Balaban J connectivity index is 1.79. The average molecular weight is 249 g/mol. The highest BCUT2D eigenvalue weighted by atomic mass is 32.2. The number of imidazole rings is 1. The summed E-state index contributed by atoms with van der Waals surface area (Å²) in [7, 11) is 0. The molecule has 0 amide bonds. The Labute approximate surface area is 99.6 Å². The molecule has 0 aliphatic carbocycles. The fraction of sp³-hybridized carbons (Fsp3) is 0.111. The maximum atomic E-state index is 4.40. The molecule has 7 heteroatoms. The summed E-state index contributed by atoms with van der Waals surface area (Å²) in [5, 5.41) is 7.75. The zero-order chi connectivity index (χ0) is 10.8. The number of nitrogens with zero attached hydrogens (tertiary/aromatic N) is 5. The van der Waals surface area contributed by atoms with Crippen LogP contribution in [0.25, 0.3) is 5.78 Å². The number of aromatic nitrogens is 5. The predicted molar refractivity (Wildman–Crippen MR) is 62.5 cm³/mol. The Morgan fingerprint density at radius 2 is 2.44 bits per heavy atom. The topological polar surface area (TPSA) is 56.0 Å². The lowest BCUT2D eigenvalue weighted by Gasteiger charge is -1.90. The second-order valence-electron chi connectivity index (χ2n) is 3.05. The SMILES string of the molecule is c1cnc2nc(CSc3nncs3)cn2c1. The van der Waals surface area contributed by atoms with Crippen molar-refractivity contribution in [3.63, 3.8) is 0 Å². The summed E-state index contributed by atoms with van der Waals surface area (Å²) in [5.41, 5.74) is 2.73. The molecule has 0 spiro atoms. The van der Waals surface area contributed by atoms with Crippen LogP contribution in [-0.4, -0.2) is 24.6 Å². The number of thioether (sulfide) groups is 1. The van der Waals surface area contributed by atoms with Gasteiger partial charge in [0.1, 0.15) is 5.51 Å². The van der Waals surface area contributed by atoms with Gasteiger partial charge in [-0.25, -0.2) is 9.97 Å². The monoisotopic (exact) mass is 249 g/mol. The Kier molecular flexibility index (Phi) is 2.55. The van der Waals surface area contributed by atoms with Crippen LogP contribution >= 0.6 is 23.1 Å². The molecule has 3 aromatic heterocycles. The lowest BCUT2D eigenvalue weighted by atomic mass is 10.6. The highest BCUT2D eigenvalue weighted by Gasteiger charge is 2.04. The van der Waals surface area contributed by atoms with Crippen molar-refractivity contribution in [2.24, 2.45) is 0 Å². The van der Waals surface area contributed by atoms with E-state index in [0.29, 0.717) is 0 Å². The summed E-state index contributed by atoms with van der Waals surface area (Å²) in [6.07, 6.45) is 5.66. The molecule has 0 N–H and O–H groups in total. The first-order chi connectivity index (χ1) is 7.92. The molecule has 3 aromatic rings. The van der Waals surface area contributed by atoms with Crippen LogP contribution in [0.5, 0.6) is 0 Å². The average Bonchev–Trinajstić information content (AvgIpc) is 2.95. The summed E-state index contributed by atoms with van der Waals surface area (Å²) in [6.45, 7) is 0. The van der Waals surface area contributed by atoms with Crippen LogP contribution < -0.4 is 0 Å². The van der Waals surface area contributed by atoms with Gasteiger partial charge >= 0.3 is 0 Å². The van der Waals surface area contributed by atoms with Crippen LogP contribution in [0.4, 0.5) is 0 Å². The van der Waals surface area contributed by atoms with Crippen molar-refractivity contribution >= 4 is 28.9 Å². The second kappa shape index (κ2) is 4.18. The quantitative estimate of drug-likeness (QED) is 0.663. The van der Waals surface area contributed by atoms with Gasteiger partial charge < -0.3 is 0 Å². The van der Waals surface area contributed by atoms with E-state index in [9.17, 15) is 0 Å². The van der Waals surface area contributed by atoms with Gasteiger partial charge in [-0.2, -0.15) is 0 Å². The van der Waals surface area contributed by atoms with Crippen molar-refractivity contribution < 1.29 is 0 Å². The zero-order valence-corrected chi connectivity index (χ0v) is 9.78. The third-order valence-corrected chi connectivity index (χ3v) is 3.86. The molecule has 0 radical (unpaired) electrons. The zero-order valence-electron chi connectivity index (χ0n) is 8.15. The molecular formula is C9H7N5S2. The molecule has 0 aromatic carbocycles. The molecule has 16 heavy (non-hydrogen) atoms. The van der Waals surface area contributed by atoms with Gasteiger partial charge in [0, 0.05) is 24.3 Å². The lowest BCUT2D eigenvalue weighted by molar-refractivity contribution is 1.01. The number of rotatable bonds is 3. The number of hydrogen-bond donors (Lipinski definition) is 0. The van der Waals surface area contributed by atoms with Crippen LogP contribution in [-0.2, 0) is 5.75 Å². The van der Waals surface area contributed by atoms with Crippen LogP contribution in [0.3, 0.4) is 0 Å². The molecule has 0 bridgehead atoms. The van der Waals surface area contributed by atoms with Crippen molar-refractivity contribution in [3.05, 3.63) is 35.9 Å². The first-order valence-electron chi connectivity index (χ1n) is 4.59. The van der Waals surface area contributed by atoms with E-state index in [-0.39, 0.29) is 0 Å². The van der Waals surface area contributed by atoms with Crippen molar-refractivity contribution in [1.29, 1.82) is 0 Å². The Morgan fingerprint density at radius 1 is 1.44 bits per heavy atom. The van der Waals surface area contributed by atoms with E-state index in [0.717, 1.165) is 21.6 Å². The van der Waals surface area contributed by atoms with Gasteiger partial charge in [-0.05, 0) is 6.07 Å². The Morgan fingerprint density at radius 3 is 3.25 bits per heavy atom. The van der Waals surface area contributed by atoms with E-state index in [1.807, 2.05) is 22.9 Å². The third kappa shape index (κ3) is 1.91. The molecule has 0 saturated heterocycles. The molecular weight excluding hydrogens is 242 g/mol. The predicted octanol–water partition coefficient (Wildman–Crippen LogP) is 1.87. The number of hydrogen-bond acceptors (Lipinski definition) is 6. The van der Waals surface area contributed by atoms with Crippen molar-refractivity contribution in [3.8, 4) is 0 Å². The van der Waals surface area contributed by atoms with E-state index >= 15 is 0 Å². The molecule has 0 unspecified atom stereocenters. The van der Waals surface area contributed by atoms with Gasteiger partial charge in [0.15, 0.2) is 4.34 Å². The van der Waals surface area contributed by atoms with Crippen molar-refractivity contribution in [1.82, 2.24) is 24.6 Å². The third-order valence-electron chi connectivity index (χ3n) is 1.97. The molecule has 80 valence electrons. The van der Waals surface area contributed by atoms with E-state index in [4.69, 9.17) is 0 Å². The van der Waals surface area contributed by atoms with Crippen molar-refractivity contribution in [2.75, 3.05) is 0 Å². The molecule has 0 fully saturated rings.